The van der Waals surface area contributed by atoms with Crippen molar-refractivity contribution in [3.63, 3.8) is 0 Å². The van der Waals surface area contributed by atoms with Crippen LogP contribution in [0.4, 0.5) is 0 Å². The SMILES string of the molecule is COc1cc2sc(C(=O)N3CCOCC3)c(C)c2c(CBr)c1OC. The van der Waals surface area contributed by atoms with Gasteiger partial charge in [0, 0.05) is 40.1 Å². The van der Waals surface area contributed by atoms with E-state index in [-0.39, 0.29) is 5.91 Å². The van der Waals surface area contributed by atoms with Gasteiger partial charge in [-0.3, -0.25) is 4.79 Å². The summed E-state index contributed by atoms with van der Waals surface area (Å²) >= 11 is 5.06. The molecule has 1 amide bonds. The number of fused-ring (bicyclic) bond motifs is 1. The number of rotatable bonds is 4. The van der Waals surface area contributed by atoms with E-state index in [9.17, 15) is 4.79 Å². The summed E-state index contributed by atoms with van der Waals surface area (Å²) in [5.74, 6) is 1.48. The van der Waals surface area contributed by atoms with Gasteiger partial charge in [-0.1, -0.05) is 15.9 Å². The highest BCUT2D eigenvalue weighted by atomic mass is 79.9. The van der Waals surface area contributed by atoms with Crippen LogP contribution in [-0.2, 0) is 10.1 Å². The molecule has 0 bridgehead atoms. The third-order valence-corrected chi connectivity index (χ3v) is 6.07. The van der Waals surface area contributed by atoms with Crippen molar-refractivity contribution in [2.24, 2.45) is 0 Å². The minimum atomic E-state index is 0.0791. The van der Waals surface area contributed by atoms with Crippen molar-refractivity contribution in [1.29, 1.82) is 0 Å². The van der Waals surface area contributed by atoms with Gasteiger partial charge in [-0.2, -0.15) is 0 Å². The molecule has 0 saturated carbocycles. The van der Waals surface area contributed by atoms with Crippen LogP contribution in [0.15, 0.2) is 6.07 Å². The Balaban J connectivity index is 2.14. The Morgan fingerprint density at radius 3 is 2.62 bits per heavy atom. The molecular formula is C17H20BrNO4S. The lowest BCUT2D eigenvalue weighted by Crippen LogP contribution is -2.40. The van der Waals surface area contributed by atoms with E-state index in [1.54, 1.807) is 14.2 Å². The van der Waals surface area contributed by atoms with Crippen molar-refractivity contribution in [3.8, 4) is 11.5 Å². The molecule has 3 rings (SSSR count). The van der Waals surface area contributed by atoms with Crippen LogP contribution in [0.1, 0.15) is 20.8 Å². The minimum absolute atomic E-state index is 0.0791. The van der Waals surface area contributed by atoms with Gasteiger partial charge in [0.1, 0.15) is 0 Å². The maximum atomic E-state index is 12.9. The highest BCUT2D eigenvalue weighted by Gasteiger charge is 2.26. The summed E-state index contributed by atoms with van der Waals surface area (Å²) in [5.41, 5.74) is 2.02. The number of thiophene rings is 1. The van der Waals surface area contributed by atoms with E-state index in [0.717, 1.165) is 26.1 Å². The number of carbonyl (C=O) groups excluding carboxylic acids is 1. The Labute approximate surface area is 153 Å². The Morgan fingerprint density at radius 2 is 2.04 bits per heavy atom. The van der Waals surface area contributed by atoms with E-state index in [1.807, 2.05) is 17.9 Å². The van der Waals surface area contributed by atoms with Gasteiger partial charge in [0.2, 0.25) is 0 Å². The normalized spacial score (nSPS) is 14.9. The maximum Gasteiger partial charge on any atom is 0.264 e. The number of halogens is 1. The van der Waals surface area contributed by atoms with Gasteiger partial charge < -0.3 is 19.1 Å². The fourth-order valence-electron chi connectivity index (χ4n) is 3.08. The third-order valence-electron chi connectivity index (χ3n) is 4.29. The van der Waals surface area contributed by atoms with Gasteiger partial charge in [-0.25, -0.2) is 0 Å². The van der Waals surface area contributed by atoms with E-state index in [1.165, 1.54) is 11.3 Å². The maximum absolute atomic E-state index is 12.9. The molecule has 5 nitrogen and oxygen atoms in total. The van der Waals surface area contributed by atoms with Gasteiger partial charge in [-0.05, 0) is 12.5 Å². The van der Waals surface area contributed by atoms with Crippen molar-refractivity contribution in [2.45, 2.75) is 12.3 Å². The fraction of sp³-hybridized carbons (Fsp3) is 0.471. The quantitative estimate of drug-likeness (QED) is 0.718. The van der Waals surface area contributed by atoms with Crippen molar-refractivity contribution >= 4 is 43.3 Å². The smallest absolute Gasteiger partial charge is 0.264 e. The number of hydrogen-bond donors (Lipinski definition) is 0. The van der Waals surface area contributed by atoms with Crippen LogP contribution < -0.4 is 9.47 Å². The lowest BCUT2D eigenvalue weighted by atomic mass is 10.0. The number of methoxy groups -OCH3 is 2. The van der Waals surface area contributed by atoms with Crippen LogP contribution in [0.2, 0.25) is 0 Å². The molecule has 0 spiro atoms. The fourth-order valence-corrected chi connectivity index (χ4v) is 4.85. The average molecular weight is 414 g/mol. The molecule has 0 aliphatic carbocycles. The lowest BCUT2D eigenvalue weighted by molar-refractivity contribution is 0.0306. The number of morpholine rings is 1. The Kier molecular flexibility index (Phi) is 5.32. The van der Waals surface area contributed by atoms with Crippen molar-refractivity contribution in [3.05, 3.63) is 22.1 Å². The molecule has 2 heterocycles. The molecule has 1 saturated heterocycles. The molecule has 0 atom stereocenters. The number of aryl methyl sites for hydroxylation is 1. The van der Waals surface area contributed by atoms with Crippen LogP contribution in [0.5, 0.6) is 11.5 Å². The van der Waals surface area contributed by atoms with Crippen LogP contribution in [0.25, 0.3) is 10.1 Å². The predicted molar refractivity (Wildman–Crippen MR) is 99.0 cm³/mol. The first kappa shape index (κ1) is 17.5. The molecule has 0 radical (unpaired) electrons. The second-order valence-electron chi connectivity index (χ2n) is 5.56. The Hall–Kier alpha value is -1.31. The van der Waals surface area contributed by atoms with E-state index in [2.05, 4.69) is 15.9 Å². The first-order valence-electron chi connectivity index (χ1n) is 7.72. The molecule has 2 aromatic rings. The molecule has 1 aliphatic rings. The molecule has 0 N–H and O–H groups in total. The summed E-state index contributed by atoms with van der Waals surface area (Å²) in [5, 5.41) is 1.71. The molecule has 7 heteroatoms. The van der Waals surface area contributed by atoms with Gasteiger partial charge >= 0.3 is 0 Å². The zero-order chi connectivity index (χ0) is 17.3. The number of carbonyl (C=O) groups is 1. The standard InChI is InChI=1S/C17H20BrNO4S/c1-10-14-11(9-18)15(22-3)12(21-2)8-13(14)24-16(10)17(20)19-4-6-23-7-5-19/h8H,4-7,9H2,1-3H3. The molecular weight excluding hydrogens is 394 g/mol. The number of alkyl halides is 1. The van der Waals surface area contributed by atoms with Crippen LogP contribution in [-0.4, -0.2) is 51.3 Å². The number of amides is 1. The molecule has 1 aliphatic heterocycles. The van der Waals surface area contributed by atoms with Crippen molar-refractivity contribution in [1.82, 2.24) is 4.90 Å². The van der Waals surface area contributed by atoms with Gasteiger partial charge in [0.15, 0.2) is 11.5 Å². The molecule has 0 unspecified atom stereocenters. The highest BCUT2D eigenvalue weighted by molar-refractivity contribution is 9.08. The molecule has 130 valence electrons. The van der Waals surface area contributed by atoms with Crippen molar-refractivity contribution < 1.29 is 19.0 Å². The number of ether oxygens (including phenoxy) is 3. The summed E-state index contributed by atoms with van der Waals surface area (Å²) < 4.78 is 17.4. The predicted octanol–water partition coefficient (Wildman–Crippen LogP) is 3.59. The summed E-state index contributed by atoms with van der Waals surface area (Å²) in [6.45, 7) is 4.49. The summed E-state index contributed by atoms with van der Waals surface area (Å²) in [7, 11) is 3.26. The van der Waals surface area contributed by atoms with Gasteiger partial charge in [0.05, 0.1) is 32.3 Å². The van der Waals surface area contributed by atoms with Crippen LogP contribution >= 0.6 is 27.3 Å². The van der Waals surface area contributed by atoms with E-state index < -0.39 is 0 Å². The molecule has 24 heavy (non-hydrogen) atoms. The number of hydrogen-bond acceptors (Lipinski definition) is 5. The van der Waals surface area contributed by atoms with Crippen molar-refractivity contribution in [2.75, 3.05) is 40.5 Å². The highest BCUT2D eigenvalue weighted by Crippen LogP contribution is 2.44. The molecule has 1 fully saturated rings. The van der Waals surface area contributed by atoms with Crippen LogP contribution in [0.3, 0.4) is 0 Å². The van der Waals surface area contributed by atoms with Gasteiger partial charge in [0.25, 0.3) is 5.91 Å². The summed E-state index contributed by atoms with van der Waals surface area (Å²) in [4.78, 5) is 15.6. The lowest BCUT2D eigenvalue weighted by Gasteiger charge is -2.26. The topological polar surface area (TPSA) is 48.0 Å². The number of benzene rings is 1. The zero-order valence-corrected chi connectivity index (χ0v) is 16.4. The monoisotopic (exact) mass is 413 g/mol. The third kappa shape index (κ3) is 2.89. The first-order chi connectivity index (χ1) is 11.6. The largest absolute Gasteiger partial charge is 0.493 e. The Bertz CT molecular complexity index is 768. The molecule has 1 aromatic carbocycles. The first-order valence-corrected chi connectivity index (χ1v) is 9.66. The average Bonchev–Trinajstić information content (AvgIpc) is 2.96. The molecule has 1 aromatic heterocycles. The second-order valence-corrected chi connectivity index (χ2v) is 7.17. The summed E-state index contributed by atoms with van der Waals surface area (Å²) in [6, 6.07) is 1.95. The second kappa shape index (κ2) is 7.29. The van der Waals surface area contributed by atoms with Gasteiger partial charge in [-0.15, -0.1) is 11.3 Å². The summed E-state index contributed by atoms with van der Waals surface area (Å²) in [6.07, 6.45) is 0. The minimum Gasteiger partial charge on any atom is -0.493 e. The van der Waals surface area contributed by atoms with Crippen LogP contribution in [0, 0.1) is 6.92 Å². The van der Waals surface area contributed by atoms with E-state index in [4.69, 9.17) is 14.2 Å². The van der Waals surface area contributed by atoms with E-state index in [0.29, 0.717) is 43.1 Å². The number of nitrogens with zero attached hydrogens (tertiary/aromatic N) is 1. The van der Waals surface area contributed by atoms with E-state index >= 15 is 0 Å². The zero-order valence-electron chi connectivity index (χ0n) is 14.0. The Morgan fingerprint density at radius 1 is 1.33 bits per heavy atom.